The number of rotatable bonds is 4. The molecule has 4 atom stereocenters. The van der Waals surface area contributed by atoms with Crippen LogP contribution in [0, 0.1) is 11.8 Å². The van der Waals surface area contributed by atoms with Crippen LogP contribution in [0.4, 0.5) is 10.5 Å². The third-order valence-corrected chi connectivity index (χ3v) is 7.33. The highest BCUT2D eigenvalue weighted by Crippen LogP contribution is 2.58. The summed E-state index contributed by atoms with van der Waals surface area (Å²) in [6.07, 6.45) is 0.845. The van der Waals surface area contributed by atoms with Crippen LogP contribution in [-0.2, 0) is 20.7 Å². The fraction of sp³-hybridized carbons (Fsp3) is 0.400. The van der Waals surface area contributed by atoms with Crippen LogP contribution in [0.2, 0.25) is 5.02 Å². The molecule has 8 heteroatoms. The Kier molecular flexibility index (Phi) is 5.12. The highest BCUT2D eigenvalue weighted by atomic mass is 35.5. The van der Waals surface area contributed by atoms with Gasteiger partial charge in [-0.05, 0) is 50.1 Å². The van der Waals surface area contributed by atoms with Crippen molar-refractivity contribution in [3.05, 3.63) is 58.6 Å². The fourth-order valence-electron chi connectivity index (χ4n) is 5.59. The molecule has 3 heterocycles. The first-order valence-corrected chi connectivity index (χ1v) is 11.6. The van der Waals surface area contributed by atoms with Gasteiger partial charge >= 0.3 is 12.0 Å². The van der Waals surface area contributed by atoms with Gasteiger partial charge in [0, 0.05) is 16.5 Å². The van der Waals surface area contributed by atoms with Crippen LogP contribution in [0.3, 0.4) is 0 Å². The largest absolute Gasteiger partial charge is 0.493 e. The Bertz CT molecular complexity index is 1170. The number of halogens is 1. The number of nitrogens with zero attached hydrogens (tertiary/aromatic N) is 2. The van der Waals surface area contributed by atoms with Crippen molar-refractivity contribution in [3.8, 4) is 5.75 Å². The number of carbonyl (C=O) groups excluding carboxylic acids is 3. The van der Waals surface area contributed by atoms with Gasteiger partial charge in [-0.15, -0.1) is 0 Å². The van der Waals surface area contributed by atoms with E-state index >= 15 is 0 Å². The van der Waals surface area contributed by atoms with Gasteiger partial charge in [-0.3, -0.25) is 9.59 Å². The lowest BCUT2D eigenvalue weighted by molar-refractivity contribution is -0.154. The van der Waals surface area contributed by atoms with E-state index in [2.05, 4.69) is 6.92 Å². The monoisotopic (exact) mass is 468 g/mol. The minimum absolute atomic E-state index is 0.181. The van der Waals surface area contributed by atoms with Crippen LogP contribution in [0.15, 0.2) is 42.5 Å². The van der Waals surface area contributed by atoms with E-state index in [1.165, 1.54) is 0 Å². The topological polar surface area (TPSA) is 76.2 Å². The van der Waals surface area contributed by atoms with Gasteiger partial charge in [0.2, 0.25) is 0 Å². The molecule has 172 valence electrons. The number of hydrogen-bond donors (Lipinski definition) is 0. The molecule has 33 heavy (non-hydrogen) atoms. The minimum atomic E-state index is -1.41. The van der Waals surface area contributed by atoms with Crippen LogP contribution < -0.4 is 9.64 Å². The highest BCUT2D eigenvalue weighted by Gasteiger charge is 2.72. The van der Waals surface area contributed by atoms with Crippen molar-refractivity contribution in [2.24, 2.45) is 11.8 Å². The first kappa shape index (κ1) is 21.8. The van der Waals surface area contributed by atoms with Gasteiger partial charge in [-0.2, -0.15) is 0 Å². The summed E-state index contributed by atoms with van der Waals surface area (Å²) in [5, 5.41) is 0.411. The third-order valence-electron chi connectivity index (χ3n) is 7.09. The number of fused-ring (bicyclic) bond motifs is 5. The molecular weight excluding hydrogens is 444 g/mol. The second-order valence-electron chi connectivity index (χ2n) is 8.80. The van der Waals surface area contributed by atoms with Crippen LogP contribution in [0.1, 0.15) is 37.9 Å². The average Bonchev–Trinajstić information content (AvgIpc) is 3.18. The molecule has 3 aliphatic heterocycles. The Balaban J connectivity index is 1.68. The van der Waals surface area contributed by atoms with E-state index in [0.29, 0.717) is 16.5 Å². The molecule has 0 bridgehead atoms. The Labute approximate surface area is 197 Å². The number of ether oxygens (including phenoxy) is 2. The van der Waals surface area contributed by atoms with Crippen molar-refractivity contribution in [3.63, 3.8) is 0 Å². The molecular formula is C25H25ClN2O5. The molecule has 0 aromatic heterocycles. The molecule has 0 spiro atoms. The van der Waals surface area contributed by atoms with Crippen LogP contribution >= 0.6 is 11.6 Å². The van der Waals surface area contributed by atoms with Gasteiger partial charge in [0.25, 0.3) is 5.91 Å². The lowest BCUT2D eigenvalue weighted by Crippen LogP contribution is -2.51. The molecule has 2 aromatic rings. The summed E-state index contributed by atoms with van der Waals surface area (Å²) in [4.78, 5) is 43.6. The zero-order chi connectivity index (χ0) is 23.5. The maximum atomic E-state index is 13.9. The van der Waals surface area contributed by atoms with Gasteiger partial charge in [0.15, 0.2) is 0 Å². The van der Waals surface area contributed by atoms with Crippen molar-refractivity contribution in [1.82, 2.24) is 4.90 Å². The normalized spacial score (nSPS) is 27.7. The number of aryl methyl sites for hydroxylation is 1. The Hall–Kier alpha value is -3.06. The Morgan fingerprint density at radius 2 is 2.00 bits per heavy atom. The van der Waals surface area contributed by atoms with Crippen molar-refractivity contribution in [2.75, 3.05) is 18.1 Å². The first-order valence-electron chi connectivity index (χ1n) is 11.2. The van der Waals surface area contributed by atoms with Gasteiger partial charge in [0.05, 0.1) is 30.9 Å². The maximum absolute atomic E-state index is 13.9. The molecule has 0 radical (unpaired) electrons. The fourth-order valence-corrected chi connectivity index (χ4v) is 5.78. The number of anilines is 1. The Morgan fingerprint density at radius 3 is 2.70 bits per heavy atom. The molecule has 0 N–H and O–H groups in total. The second kappa shape index (κ2) is 7.76. The molecule has 5 rings (SSSR count). The first-order chi connectivity index (χ1) is 15.8. The second-order valence-corrected chi connectivity index (χ2v) is 9.23. The zero-order valence-electron chi connectivity index (χ0n) is 18.7. The third kappa shape index (κ3) is 2.98. The SMILES string of the molecule is CCOC(=O)[C@@H]1[C@H]2COc3cc(CC)ccc3[C@H]2N2C(=O)N(c3cccc(Cl)c3)C(=O)[C@@]12C. The molecule has 7 nitrogen and oxygen atoms in total. The molecule has 0 saturated carbocycles. The summed E-state index contributed by atoms with van der Waals surface area (Å²) in [6, 6.07) is 11.6. The van der Waals surface area contributed by atoms with Crippen molar-refractivity contribution in [2.45, 2.75) is 38.8 Å². The van der Waals surface area contributed by atoms with Crippen molar-refractivity contribution in [1.29, 1.82) is 0 Å². The number of imide groups is 1. The van der Waals surface area contributed by atoms with Gasteiger partial charge in [-0.1, -0.05) is 36.7 Å². The van der Waals surface area contributed by atoms with Gasteiger partial charge < -0.3 is 14.4 Å². The number of esters is 1. The number of amides is 3. The number of carbonyl (C=O) groups is 3. The van der Waals surface area contributed by atoms with Crippen LogP contribution in [0.5, 0.6) is 5.75 Å². The predicted octanol–water partition coefficient (Wildman–Crippen LogP) is 4.37. The minimum Gasteiger partial charge on any atom is -0.493 e. The van der Waals surface area contributed by atoms with E-state index in [1.807, 2.05) is 18.2 Å². The predicted molar refractivity (Wildman–Crippen MR) is 122 cm³/mol. The van der Waals surface area contributed by atoms with Gasteiger partial charge in [-0.25, -0.2) is 9.69 Å². The van der Waals surface area contributed by atoms with E-state index in [-0.39, 0.29) is 13.2 Å². The highest BCUT2D eigenvalue weighted by molar-refractivity contribution is 6.31. The number of hydrogen-bond acceptors (Lipinski definition) is 5. The lowest BCUT2D eigenvalue weighted by Gasteiger charge is -2.34. The zero-order valence-corrected chi connectivity index (χ0v) is 19.5. The summed E-state index contributed by atoms with van der Waals surface area (Å²) >= 11 is 6.15. The summed E-state index contributed by atoms with van der Waals surface area (Å²) in [5.74, 6) is -1.53. The summed E-state index contributed by atoms with van der Waals surface area (Å²) in [7, 11) is 0. The summed E-state index contributed by atoms with van der Waals surface area (Å²) in [6.45, 7) is 5.85. The molecule has 0 unspecified atom stereocenters. The standard InChI is InChI=1S/C25H25ClN2O5/c1-4-14-9-10-17-19(11-14)33-13-18-20(22(29)32-5-2)25(3)23(30)27(24(31)28(25)21(17)18)16-8-6-7-15(26)12-16/h6-12,18,20-21H,4-5,13H2,1-3H3/t18-,20+,21-,25-/m1/s1. The Morgan fingerprint density at radius 1 is 1.21 bits per heavy atom. The van der Waals surface area contributed by atoms with E-state index < -0.39 is 41.3 Å². The van der Waals surface area contributed by atoms with E-state index in [1.54, 1.807) is 43.0 Å². The number of benzene rings is 2. The van der Waals surface area contributed by atoms with E-state index in [9.17, 15) is 14.4 Å². The smallest absolute Gasteiger partial charge is 0.332 e. The van der Waals surface area contributed by atoms with E-state index in [4.69, 9.17) is 21.1 Å². The molecule has 2 fully saturated rings. The van der Waals surface area contributed by atoms with Gasteiger partial charge in [0.1, 0.15) is 11.3 Å². The molecule has 2 aromatic carbocycles. The number of urea groups is 1. The van der Waals surface area contributed by atoms with Crippen LogP contribution in [0.25, 0.3) is 0 Å². The van der Waals surface area contributed by atoms with Crippen LogP contribution in [-0.4, -0.2) is 41.6 Å². The summed E-state index contributed by atoms with van der Waals surface area (Å²) < 4.78 is 11.5. The lowest BCUT2D eigenvalue weighted by atomic mass is 9.77. The summed E-state index contributed by atoms with van der Waals surface area (Å²) in [5.41, 5.74) is 0.880. The maximum Gasteiger partial charge on any atom is 0.332 e. The molecule has 3 aliphatic rings. The quantitative estimate of drug-likeness (QED) is 0.492. The molecule has 2 saturated heterocycles. The van der Waals surface area contributed by atoms with Crippen molar-refractivity contribution >= 4 is 35.2 Å². The van der Waals surface area contributed by atoms with Crippen molar-refractivity contribution < 1.29 is 23.9 Å². The molecule has 3 amide bonds. The van der Waals surface area contributed by atoms with E-state index in [0.717, 1.165) is 22.4 Å². The average molecular weight is 469 g/mol. The molecule has 0 aliphatic carbocycles.